The highest BCUT2D eigenvalue weighted by Crippen LogP contribution is 2.27. The van der Waals surface area contributed by atoms with Crippen molar-refractivity contribution in [2.75, 3.05) is 13.2 Å². The number of carbonyl (C=O) groups excluding carboxylic acids is 2. The highest BCUT2D eigenvalue weighted by molar-refractivity contribution is 5.95. The van der Waals surface area contributed by atoms with Crippen LogP contribution in [0.5, 0.6) is 0 Å². The Bertz CT molecular complexity index is 451. The molecule has 5 nitrogen and oxygen atoms in total. The number of hydrogen-bond acceptors (Lipinski definition) is 5. The van der Waals surface area contributed by atoms with Crippen molar-refractivity contribution in [3.05, 3.63) is 35.4 Å². The number of hydrogen-bond donors (Lipinski definition) is 1. The van der Waals surface area contributed by atoms with Gasteiger partial charge in [0.05, 0.1) is 13.2 Å². The van der Waals surface area contributed by atoms with Crippen LogP contribution < -0.4 is 0 Å². The third-order valence-electron chi connectivity index (χ3n) is 2.90. The molecular formula is C15H20O5. The van der Waals surface area contributed by atoms with Crippen molar-refractivity contribution in [2.45, 2.75) is 26.9 Å². The molecule has 0 aliphatic carbocycles. The number of aliphatic hydroxyl groups is 1. The van der Waals surface area contributed by atoms with Crippen molar-refractivity contribution in [1.29, 1.82) is 0 Å². The van der Waals surface area contributed by atoms with Gasteiger partial charge in [-0.1, -0.05) is 24.3 Å². The molecule has 1 unspecified atom stereocenters. The molecule has 0 bridgehead atoms. The molecule has 0 radical (unpaired) electrons. The number of aliphatic hydroxyl groups excluding tert-OH is 1. The van der Waals surface area contributed by atoms with Gasteiger partial charge in [-0.05, 0) is 31.9 Å². The van der Waals surface area contributed by atoms with Crippen LogP contribution in [0.25, 0.3) is 0 Å². The van der Waals surface area contributed by atoms with Crippen molar-refractivity contribution in [1.82, 2.24) is 0 Å². The standard InChI is InChI=1S/C15H20O5/c1-4-19-14(17)12(15(18)20-5-2)13(16)11-9-7-6-8-10(11)3/h6-9,12-13,16H,4-5H2,1-3H3. The van der Waals surface area contributed by atoms with Crippen LogP contribution in [0.15, 0.2) is 24.3 Å². The van der Waals surface area contributed by atoms with E-state index in [4.69, 9.17) is 9.47 Å². The van der Waals surface area contributed by atoms with Gasteiger partial charge in [0.1, 0.15) is 6.10 Å². The summed E-state index contributed by atoms with van der Waals surface area (Å²) >= 11 is 0. The minimum atomic E-state index is -1.36. The Hall–Kier alpha value is -1.88. The molecule has 0 aliphatic heterocycles. The van der Waals surface area contributed by atoms with Gasteiger partial charge in [-0.3, -0.25) is 9.59 Å². The van der Waals surface area contributed by atoms with Crippen LogP contribution in [-0.4, -0.2) is 30.3 Å². The summed E-state index contributed by atoms with van der Waals surface area (Å²) in [6, 6.07) is 7.02. The topological polar surface area (TPSA) is 72.8 Å². The first kappa shape index (κ1) is 16.2. The fraction of sp³-hybridized carbons (Fsp3) is 0.467. The summed E-state index contributed by atoms with van der Waals surface area (Å²) in [4.78, 5) is 23.8. The van der Waals surface area contributed by atoms with E-state index in [1.54, 1.807) is 39.0 Å². The van der Waals surface area contributed by atoms with E-state index in [-0.39, 0.29) is 13.2 Å². The summed E-state index contributed by atoms with van der Waals surface area (Å²) in [5.41, 5.74) is 1.30. The average molecular weight is 280 g/mol. The van der Waals surface area contributed by atoms with Crippen LogP contribution in [0.4, 0.5) is 0 Å². The van der Waals surface area contributed by atoms with Crippen LogP contribution in [0.1, 0.15) is 31.1 Å². The smallest absolute Gasteiger partial charge is 0.323 e. The van der Waals surface area contributed by atoms with Gasteiger partial charge >= 0.3 is 11.9 Å². The largest absolute Gasteiger partial charge is 0.465 e. The quantitative estimate of drug-likeness (QED) is 0.635. The Morgan fingerprint density at radius 3 is 2.05 bits per heavy atom. The predicted octanol–water partition coefficient (Wildman–Crippen LogP) is 1.77. The molecule has 0 amide bonds. The van der Waals surface area contributed by atoms with Gasteiger partial charge in [-0.15, -0.1) is 0 Å². The van der Waals surface area contributed by atoms with Gasteiger partial charge in [0.25, 0.3) is 0 Å². The molecule has 0 aliphatic rings. The molecule has 1 aromatic carbocycles. The summed E-state index contributed by atoms with van der Waals surface area (Å²) in [5, 5.41) is 10.4. The zero-order valence-electron chi connectivity index (χ0n) is 12.0. The maximum atomic E-state index is 11.9. The van der Waals surface area contributed by atoms with Crippen molar-refractivity contribution in [2.24, 2.45) is 5.92 Å². The van der Waals surface area contributed by atoms with E-state index >= 15 is 0 Å². The first-order valence-electron chi connectivity index (χ1n) is 6.59. The Labute approximate surface area is 118 Å². The molecule has 1 aromatic rings. The van der Waals surface area contributed by atoms with Gasteiger partial charge in [-0.25, -0.2) is 0 Å². The Morgan fingerprint density at radius 2 is 1.60 bits per heavy atom. The summed E-state index contributed by atoms with van der Waals surface area (Å²) in [6.45, 7) is 5.34. The fourth-order valence-electron chi connectivity index (χ4n) is 1.92. The number of esters is 2. The molecule has 0 saturated carbocycles. The minimum absolute atomic E-state index is 0.134. The van der Waals surface area contributed by atoms with Crippen LogP contribution in [0, 0.1) is 12.8 Å². The van der Waals surface area contributed by atoms with E-state index in [1.807, 2.05) is 6.07 Å². The molecule has 20 heavy (non-hydrogen) atoms. The van der Waals surface area contributed by atoms with Gasteiger partial charge in [0.2, 0.25) is 0 Å². The third-order valence-corrected chi connectivity index (χ3v) is 2.90. The van der Waals surface area contributed by atoms with E-state index in [1.165, 1.54) is 0 Å². The first-order chi connectivity index (χ1) is 9.52. The lowest BCUT2D eigenvalue weighted by molar-refractivity contribution is -0.167. The molecule has 0 fully saturated rings. The summed E-state index contributed by atoms with van der Waals surface area (Å²) in [7, 11) is 0. The zero-order valence-corrected chi connectivity index (χ0v) is 12.0. The van der Waals surface area contributed by atoms with Crippen LogP contribution >= 0.6 is 0 Å². The molecule has 0 spiro atoms. The number of benzene rings is 1. The monoisotopic (exact) mass is 280 g/mol. The maximum Gasteiger partial charge on any atom is 0.323 e. The predicted molar refractivity (Wildman–Crippen MR) is 72.9 cm³/mol. The van der Waals surface area contributed by atoms with Crippen LogP contribution in [-0.2, 0) is 19.1 Å². The Morgan fingerprint density at radius 1 is 1.10 bits per heavy atom. The summed E-state index contributed by atoms with van der Waals surface area (Å²) < 4.78 is 9.71. The second kappa shape index (κ2) is 7.65. The van der Waals surface area contributed by atoms with Gasteiger partial charge in [0.15, 0.2) is 5.92 Å². The van der Waals surface area contributed by atoms with E-state index in [9.17, 15) is 14.7 Å². The zero-order chi connectivity index (χ0) is 15.1. The number of aryl methyl sites for hydroxylation is 1. The number of rotatable bonds is 6. The normalized spacial score (nSPS) is 12.1. The van der Waals surface area contributed by atoms with Crippen molar-refractivity contribution in [3.63, 3.8) is 0 Å². The highest BCUT2D eigenvalue weighted by Gasteiger charge is 2.37. The first-order valence-corrected chi connectivity index (χ1v) is 6.59. The van der Waals surface area contributed by atoms with Crippen molar-refractivity contribution in [3.8, 4) is 0 Å². The number of ether oxygens (including phenoxy) is 2. The summed E-state index contributed by atoms with van der Waals surface area (Å²) in [6.07, 6.45) is -1.28. The molecule has 0 aromatic heterocycles. The molecular weight excluding hydrogens is 260 g/mol. The Balaban J connectivity index is 3.06. The summed E-state index contributed by atoms with van der Waals surface area (Å²) in [5.74, 6) is -2.92. The van der Waals surface area contributed by atoms with E-state index in [2.05, 4.69) is 0 Å². The fourth-order valence-corrected chi connectivity index (χ4v) is 1.92. The molecule has 0 saturated heterocycles. The molecule has 1 N–H and O–H groups in total. The lowest BCUT2D eigenvalue weighted by Crippen LogP contribution is -2.33. The molecule has 1 rings (SSSR count). The van der Waals surface area contributed by atoms with Gasteiger partial charge in [-0.2, -0.15) is 0 Å². The third kappa shape index (κ3) is 3.81. The van der Waals surface area contributed by atoms with Crippen molar-refractivity contribution >= 4 is 11.9 Å². The molecule has 0 heterocycles. The van der Waals surface area contributed by atoms with E-state index in [0.717, 1.165) is 5.56 Å². The van der Waals surface area contributed by atoms with E-state index in [0.29, 0.717) is 5.56 Å². The minimum Gasteiger partial charge on any atom is -0.465 e. The van der Waals surface area contributed by atoms with Gasteiger partial charge < -0.3 is 14.6 Å². The van der Waals surface area contributed by atoms with E-state index < -0.39 is 24.0 Å². The Kier molecular flexibility index (Phi) is 6.18. The van der Waals surface area contributed by atoms with Crippen LogP contribution in [0.3, 0.4) is 0 Å². The molecule has 5 heteroatoms. The lowest BCUT2D eigenvalue weighted by atomic mass is 9.93. The average Bonchev–Trinajstić information content (AvgIpc) is 2.40. The second-order valence-electron chi connectivity index (χ2n) is 4.28. The van der Waals surface area contributed by atoms with Crippen LogP contribution in [0.2, 0.25) is 0 Å². The molecule has 1 atom stereocenters. The number of carbonyl (C=O) groups is 2. The molecule has 110 valence electrons. The maximum absolute atomic E-state index is 11.9. The van der Waals surface area contributed by atoms with Crippen molar-refractivity contribution < 1.29 is 24.2 Å². The lowest BCUT2D eigenvalue weighted by Gasteiger charge is -2.21. The highest BCUT2D eigenvalue weighted by atomic mass is 16.6. The van der Waals surface area contributed by atoms with Gasteiger partial charge in [0, 0.05) is 0 Å². The second-order valence-corrected chi connectivity index (χ2v) is 4.28. The SMILES string of the molecule is CCOC(=O)C(C(=O)OCC)C(O)c1ccccc1C.